The number of carbonyl (C=O) groups is 1. The molecule has 2 unspecified atom stereocenters. The topological polar surface area (TPSA) is 74.7 Å². The molecule has 0 bridgehead atoms. The van der Waals surface area contributed by atoms with Crippen LogP contribution < -0.4 is 0 Å². The second-order valence-corrected chi connectivity index (χ2v) is 8.18. The third-order valence-corrected chi connectivity index (χ3v) is 6.29. The third kappa shape index (κ3) is 2.85. The lowest BCUT2D eigenvalue weighted by Gasteiger charge is -2.36. The predicted octanol–water partition coefficient (Wildman–Crippen LogP) is 0.749. The molecule has 0 amide bonds. The minimum Gasteiger partial charge on any atom is -0.480 e. The minimum atomic E-state index is -2.97. The Hall–Kier alpha value is -0.620. The van der Waals surface area contributed by atoms with E-state index in [1.807, 2.05) is 11.8 Å². The van der Waals surface area contributed by atoms with E-state index in [1.54, 1.807) is 0 Å². The van der Waals surface area contributed by atoms with Crippen molar-refractivity contribution in [2.24, 2.45) is 5.41 Å². The van der Waals surface area contributed by atoms with Crippen LogP contribution in [0.2, 0.25) is 0 Å². The Labute approximate surface area is 108 Å². The molecular weight excluding hydrogens is 254 g/mol. The lowest BCUT2D eigenvalue weighted by Crippen LogP contribution is -2.48. The second-order valence-electron chi connectivity index (χ2n) is 5.95. The fraction of sp³-hybridized carbons (Fsp3) is 0.917. The van der Waals surface area contributed by atoms with Crippen LogP contribution in [0, 0.1) is 5.41 Å². The van der Waals surface area contributed by atoms with E-state index in [0.29, 0.717) is 6.42 Å². The van der Waals surface area contributed by atoms with Crippen molar-refractivity contribution in [2.75, 3.05) is 18.1 Å². The summed E-state index contributed by atoms with van der Waals surface area (Å²) < 4.78 is 23.1. The number of hydrogen-bond acceptors (Lipinski definition) is 4. The molecule has 2 fully saturated rings. The van der Waals surface area contributed by atoms with Crippen LogP contribution in [-0.4, -0.2) is 54.5 Å². The number of sulfone groups is 1. The van der Waals surface area contributed by atoms with Crippen LogP contribution in [0.15, 0.2) is 0 Å². The number of carboxylic acids is 1. The van der Waals surface area contributed by atoms with Gasteiger partial charge >= 0.3 is 5.97 Å². The zero-order valence-electron chi connectivity index (χ0n) is 10.9. The molecule has 0 aromatic heterocycles. The molecule has 2 rings (SSSR count). The average molecular weight is 275 g/mol. The van der Waals surface area contributed by atoms with E-state index in [0.717, 1.165) is 12.8 Å². The molecule has 5 nitrogen and oxygen atoms in total. The van der Waals surface area contributed by atoms with Gasteiger partial charge in [-0.05, 0) is 31.6 Å². The zero-order chi connectivity index (χ0) is 13.6. The average Bonchev–Trinajstić information content (AvgIpc) is 2.89. The Morgan fingerprint density at radius 3 is 2.50 bits per heavy atom. The van der Waals surface area contributed by atoms with Crippen LogP contribution in [-0.2, 0) is 14.6 Å². The van der Waals surface area contributed by atoms with Crippen molar-refractivity contribution in [3.05, 3.63) is 0 Å². The van der Waals surface area contributed by atoms with Crippen molar-refractivity contribution in [1.29, 1.82) is 0 Å². The largest absolute Gasteiger partial charge is 0.480 e. The molecule has 0 spiro atoms. The molecule has 1 saturated heterocycles. The van der Waals surface area contributed by atoms with Gasteiger partial charge in [0, 0.05) is 12.1 Å². The van der Waals surface area contributed by atoms with E-state index in [-0.39, 0.29) is 35.5 Å². The van der Waals surface area contributed by atoms with Crippen molar-refractivity contribution >= 4 is 15.8 Å². The first-order chi connectivity index (χ1) is 8.23. The van der Waals surface area contributed by atoms with Crippen LogP contribution in [0.25, 0.3) is 0 Å². The van der Waals surface area contributed by atoms with Crippen molar-refractivity contribution in [1.82, 2.24) is 4.90 Å². The fourth-order valence-corrected chi connectivity index (χ4v) is 4.53. The Morgan fingerprint density at radius 2 is 2.11 bits per heavy atom. The van der Waals surface area contributed by atoms with Gasteiger partial charge in [-0.1, -0.05) is 6.92 Å². The van der Waals surface area contributed by atoms with Gasteiger partial charge in [-0.15, -0.1) is 0 Å². The molecule has 1 saturated carbocycles. The number of carboxylic acid groups (broad SMARTS) is 1. The molecule has 1 aliphatic heterocycles. The number of rotatable bonds is 5. The molecule has 0 radical (unpaired) electrons. The summed E-state index contributed by atoms with van der Waals surface area (Å²) in [6.07, 6.45) is 2.77. The first kappa shape index (κ1) is 13.8. The van der Waals surface area contributed by atoms with E-state index >= 15 is 0 Å². The quantitative estimate of drug-likeness (QED) is 0.801. The van der Waals surface area contributed by atoms with Gasteiger partial charge in [-0.25, -0.2) is 8.42 Å². The van der Waals surface area contributed by atoms with Gasteiger partial charge in [0.25, 0.3) is 0 Å². The number of nitrogens with zero attached hydrogens (tertiary/aromatic N) is 1. The molecule has 2 aliphatic rings. The normalized spacial score (nSPS) is 30.3. The van der Waals surface area contributed by atoms with Gasteiger partial charge in [-0.3, -0.25) is 9.69 Å². The monoisotopic (exact) mass is 275 g/mol. The molecule has 104 valence electrons. The standard InChI is InChI=1S/C12H21NO4S/c1-9(12(2)4-5-12)13(7-11(14)15)10-3-6-18(16,17)8-10/h9-10H,3-8H2,1-2H3,(H,14,15). The summed E-state index contributed by atoms with van der Waals surface area (Å²) in [5, 5.41) is 9.02. The summed E-state index contributed by atoms with van der Waals surface area (Å²) in [5.74, 6) is -0.576. The van der Waals surface area contributed by atoms with Gasteiger partial charge in [0.1, 0.15) is 0 Å². The highest BCUT2D eigenvalue weighted by molar-refractivity contribution is 7.91. The van der Waals surface area contributed by atoms with Gasteiger partial charge < -0.3 is 5.11 Å². The summed E-state index contributed by atoms with van der Waals surface area (Å²) in [6, 6.07) is 0.00502. The van der Waals surface area contributed by atoms with Gasteiger partial charge in [0.2, 0.25) is 0 Å². The first-order valence-corrected chi connectivity index (χ1v) is 8.24. The van der Waals surface area contributed by atoms with E-state index < -0.39 is 15.8 Å². The van der Waals surface area contributed by atoms with Gasteiger partial charge in [-0.2, -0.15) is 0 Å². The zero-order valence-corrected chi connectivity index (χ0v) is 11.7. The van der Waals surface area contributed by atoms with E-state index in [4.69, 9.17) is 5.11 Å². The van der Waals surface area contributed by atoms with Crippen molar-refractivity contribution in [3.8, 4) is 0 Å². The minimum absolute atomic E-state index is 0.0586. The van der Waals surface area contributed by atoms with Crippen LogP contribution >= 0.6 is 0 Å². The second kappa shape index (κ2) is 4.49. The lowest BCUT2D eigenvalue weighted by atomic mass is 9.97. The van der Waals surface area contributed by atoms with E-state index in [9.17, 15) is 13.2 Å². The maximum atomic E-state index is 11.5. The molecule has 0 aromatic carbocycles. The highest BCUT2D eigenvalue weighted by atomic mass is 32.2. The van der Waals surface area contributed by atoms with E-state index in [2.05, 4.69) is 6.92 Å². The van der Waals surface area contributed by atoms with Crippen LogP contribution in [0.5, 0.6) is 0 Å². The van der Waals surface area contributed by atoms with Crippen molar-refractivity contribution in [2.45, 2.75) is 45.2 Å². The van der Waals surface area contributed by atoms with Crippen LogP contribution in [0.4, 0.5) is 0 Å². The summed E-state index contributed by atoms with van der Waals surface area (Å²) in [7, 11) is -2.97. The van der Waals surface area contributed by atoms with Crippen LogP contribution in [0.3, 0.4) is 0 Å². The third-order valence-electron chi connectivity index (χ3n) is 4.54. The summed E-state index contributed by atoms with van der Waals surface area (Å²) in [6.45, 7) is 4.12. The molecule has 1 N–H and O–H groups in total. The maximum Gasteiger partial charge on any atom is 0.317 e. The van der Waals surface area contributed by atoms with E-state index in [1.165, 1.54) is 0 Å². The summed E-state index contributed by atoms with van der Waals surface area (Å²) in [5.41, 5.74) is 0.168. The Bertz CT molecular complexity index is 441. The molecule has 1 heterocycles. The molecular formula is C12H21NO4S. The fourth-order valence-electron chi connectivity index (χ4n) is 2.79. The highest BCUT2D eigenvalue weighted by Crippen LogP contribution is 2.50. The first-order valence-electron chi connectivity index (χ1n) is 6.41. The molecule has 1 aliphatic carbocycles. The van der Waals surface area contributed by atoms with Crippen molar-refractivity contribution in [3.63, 3.8) is 0 Å². The maximum absolute atomic E-state index is 11.5. The van der Waals surface area contributed by atoms with Crippen molar-refractivity contribution < 1.29 is 18.3 Å². The highest BCUT2D eigenvalue weighted by Gasteiger charge is 2.48. The Balaban J connectivity index is 2.12. The molecule has 2 atom stereocenters. The molecule has 0 aromatic rings. The number of aliphatic carboxylic acids is 1. The summed E-state index contributed by atoms with van der Waals surface area (Å²) in [4.78, 5) is 12.9. The summed E-state index contributed by atoms with van der Waals surface area (Å²) >= 11 is 0. The molecule has 6 heteroatoms. The van der Waals surface area contributed by atoms with Gasteiger partial charge in [0.15, 0.2) is 9.84 Å². The predicted molar refractivity (Wildman–Crippen MR) is 68.2 cm³/mol. The Kier molecular flexibility index (Phi) is 3.44. The van der Waals surface area contributed by atoms with Crippen LogP contribution in [0.1, 0.15) is 33.1 Å². The number of hydrogen-bond donors (Lipinski definition) is 1. The molecule has 18 heavy (non-hydrogen) atoms. The smallest absolute Gasteiger partial charge is 0.317 e. The Morgan fingerprint density at radius 1 is 1.50 bits per heavy atom. The lowest BCUT2D eigenvalue weighted by molar-refractivity contribution is -0.139. The van der Waals surface area contributed by atoms with Gasteiger partial charge in [0.05, 0.1) is 18.1 Å². The SMILES string of the molecule is CC(N(CC(=O)O)C1CCS(=O)(=O)C1)C1(C)CC1.